The lowest BCUT2D eigenvalue weighted by atomic mass is 10.0. The van der Waals surface area contributed by atoms with Crippen molar-refractivity contribution in [2.24, 2.45) is 5.73 Å². The fourth-order valence-electron chi connectivity index (χ4n) is 2.20. The molecule has 1 aliphatic rings. The van der Waals surface area contributed by atoms with E-state index in [4.69, 9.17) is 5.73 Å². The molecule has 0 aliphatic carbocycles. The molecule has 16 heavy (non-hydrogen) atoms. The summed E-state index contributed by atoms with van der Waals surface area (Å²) in [6.07, 6.45) is 2.80. The molecule has 2 heterocycles. The van der Waals surface area contributed by atoms with E-state index < -0.39 is 0 Å². The van der Waals surface area contributed by atoms with Crippen LogP contribution in [-0.2, 0) is 11.2 Å². The van der Waals surface area contributed by atoms with E-state index in [9.17, 15) is 4.79 Å². The minimum atomic E-state index is -0.278. The van der Waals surface area contributed by atoms with Gasteiger partial charge in [-0.05, 0) is 31.2 Å². The van der Waals surface area contributed by atoms with Crippen molar-refractivity contribution in [3.8, 4) is 0 Å². The average Bonchev–Trinajstić information content (AvgIpc) is 2.74. The number of amides is 1. The van der Waals surface area contributed by atoms with Crippen LogP contribution in [0.2, 0.25) is 0 Å². The molecule has 1 aliphatic heterocycles. The summed E-state index contributed by atoms with van der Waals surface area (Å²) in [6.45, 7) is 2.97. The van der Waals surface area contributed by atoms with E-state index >= 15 is 0 Å². The Hall–Kier alpha value is -0.870. The van der Waals surface area contributed by atoms with Gasteiger partial charge in [0.2, 0.25) is 5.91 Å². The molecule has 2 rings (SSSR count). The molecule has 2 unspecified atom stereocenters. The summed E-state index contributed by atoms with van der Waals surface area (Å²) in [5.41, 5.74) is 5.79. The number of rotatable bonds is 3. The van der Waals surface area contributed by atoms with Gasteiger partial charge in [0.25, 0.3) is 0 Å². The average molecular weight is 238 g/mol. The number of nitrogens with two attached hydrogens (primary N) is 1. The van der Waals surface area contributed by atoms with Crippen LogP contribution in [0.15, 0.2) is 17.5 Å². The van der Waals surface area contributed by atoms with Crippen molar-refractivity contribution in [2.75, 3.05) is 6.54 Å². The number of carbonyl (C=O) groups is 1. The number of likely N-dealkylation sites (tertiary alicyclic amines) is 1. The fourth-order valence-corrected chi connectivity index (χ4v) is 3.02. The van der Waals surface area contributed by atoms with Crippen LogP contribution in [0.5, 0.6) is 0 Å². The summed E-state index contributed by atoms with van der Waals surface area (Å²) in [4.78, 5) is 15.2. The molecule has 3 nitrogen and oxygen atoms in total. The summed E-state index contributed by atoms with van der Waals surface area (Å²) in [5.74, 6) is 0.121. The van der Waals surface area contributed by atoms with Gasteiger partial charge in [-0.3, -0.25) is 4.79 Å². The van der Waals surface area contributed by atoms with E-state index in [-0.39, 0.29) is 18.0 Å². The minimum absolute atomic E-state index is 0.121. The molecule has 2 atom stereocenters. The molecular weight excluding hydrogens is 220 g/mol. The highest BCUT2D eigenvalue weighted by atomic mass is 32.1. The maximum absolute atomic E-state index is 11.9. The molecule has 1 aromatic rings. The standard InChI is InChI=1S/C12H18N2OS/c1-9(8-10-4-3-7-16-10)14-6-2-5-11(13)12(14)15/h3-4,7,9,11H,2,5-6,8,13H2,1H3. The molecule has 1 saturated heterocycles. The summed E-state index contributed by atoms with van der Waals surface area (Å²) >= 11 is 1.75. The zero-order chi connectivity index (χ0) is 11.5. The van der Waals surface area contributed by atoms with Crippen LogP contribution in [0.1, 0.15) is 24.6 Å². The number of hydrogen-bond donors (Lipinski definition) is 1. The van der Waals surface area contributed by atoms with Crippen molar-refractivity contribution in [2.45, 2.75) is 38.3 Å². The van der Waals surface area contributed by atoms with Gasteiger partial charge in [-0.15, -0.1) is 11.3 Å². The topological polar surface area (TPSA) is 46.3 Å². The van der Waals surface area contributed by atoms with Crippen molar-refractivity contribution >= 4 is 17.2 Å². The molecule has 4 heteroatoms. The fraction of sp³-hybridized carbons (Fsp3) is 0.583. The molecule has 1 fully saturated rings. The smallest absolute Gasteiger partial charge is 0.239 e. The minimum Gasteiger partial charge on any atom is -0.338 e. The Morgan fingerprint density at radius 3 is 3.19 bits per heavy atom. The van der Waals surface area contributed by atoms with Crippen LogP contribution >= 0.6 is 11.3 Å². The molecule has 0 bridgehead atoms. The number of nitrogens with zero attached hydrogens (tertiary/aromatic N) is 1. The Morgan fingerprint density at radius 2 is 2.50 bits per heavy atom. The quantitative estimate of drug-likeness (QED) is 0.870. The van der Waals surface area contributed by atoms with Gasteiger partial charge in [-0.2, -0.15) is 0 Å². The predicted molar refractivity (Wildman–Crippen MR) is 66.4 cm³/mol. The highest BCUT2D eigenvalue weighted by molar-refractivity contribution is 7.09. The van der Waals surface area contributed by atoms with Crippen LogP contribution < -0.4 is 5.73 Å². The summed E-state index contributed by atoms with van der Waals surface area (Å²) < 4.78 is 0. The van der Waals surface area contributed by atoms with Crippen molar-refractivity contribution in [1.29, 1.82) is 0 Å². The van der Waals surface area contributed by atoms with Gasteiger partial charge in [0.1, 0.15) is 0 Å². The molecule has 0 radical (unpaired) electrons. The van der Waals surface area contributed by atoms with E-state index in [0.717, 1.165) is 25.8 Å². The van der Waals surface area contributed by atoms with Crippen molar-refractivity contribution in [3.05, 3.63) is 22.4 Å². The molecule has 0 saturated carbocycles. The number of hydrogen-bond acceptors (Lipinski definition) is 3. The monoisotopic (exact) mass is 238 g/mol. The highest BCUT2D eigenvalue weighted by Crippen LogP contribution is 2.18. The third-order valence-corrected chi connectivity index (χ3v) is 4.02. The van der Waals surface area contributed by atoms with Crippen LogP contribution in [0.3, 0.4) is 0 Å². The Kier molecular flexibility index (Phi) is 3.61. The van der Waals surface area contributed by atoms with E-state index in [2.05, 4.69) is 24.4 Å². The van der Waals surface area contributed by atoms with Gasteiger partial charge in [-0.1, -0.05) is 6.07 Å². The molecule has 0 spiro atoms. The molecule has 88 valence electrons. The number of piperidine rings is 1. The molecule has 0 aromatic carbocycles. The molecule has 1 amide bonds. The van der Waals surface area contributed by atoms with Gasteiger partial charge < -0.3 is 10.6 Å². The van der Waals surface area contributed by atoms with Crippen LogP contribution in [-0.4, -0.2) is 29.4 Å². The first-order chi connectivity index (χ1) is 7.68. The Balaban J connectivity index is 1.98. The maximum Gasteiger partial charge on any atom is 0.239 e. The number of thiophene rings is 1. The van der Waals surface area contributed by atoms with E-state index in [1.54, 1.807) is 11.3 Å². The van der Waals surface area contributed by atoms with Crippen LogP contribution in [0.25, 0.3) is 0 Å². The first kappa shape index (κ1) is 11.6. The van der Waals surface area contributed by atoms with E-state index in [0.29, 0.717) is 0 Å². The van der Waals surface area contributed by atoms with E-state index in [1.807, 2.05) is 4.90 Å². The van der Waals surface area contributed by atoms with Gasteiger partial charge in [-0.25, -0.2) is 0 Å². The van der Waals surface area contributed by atoms with Crippen LogP contribution in [0.4, 0.5) is 0 Å². The SMILES string of the molecule is CC(Cc1cccs1)N1CCCC(N)C1=O. The zero-order valence-electron chi connectivity index (χ0n) is 9.56. The molecular formula is C12H18N2OS. The third kappa shape index (κ3) is 2.44. The van der Waals surface area contributed by atoms with Gasteiger partial charge in [0.15, 0.2) is 0 Å². The van der Waals surface area contributed by atoms with Crippen molar-refractivity contribution in [3.63, 3.8) is 0 Å². The lowest BCUT2D eigenvalue weighted by Gasteiger charge is -2.35. The second-order valence-corrected chi connectivity index (χ2v) is 5.45. The second kappa shape index (κ2) is 4.97. The number of carbonyl (C=O) groups excluding carboxylic acids is 1. The maximum atomic E-state index is 11.9. The second-order valence-electron chi connectivity index (χ2n) is 4.41. The summed E-state index contributed by atoms with van der Waals surface area (Å²) in [5, 5.41) is 2.08. The predicted octanol–water partition coefficient (Wildman–Crippen LogP) is 1.63. The molecule has 2 N–H and O–H groups in total. The van der Waals surface area contributed by atoms with Crippen LogP contribution in [0, 0.1) is 0 Å². The van der Waals surface area contributed by atoms with Crippen molar-refractivity contribution < 1.29 is 4.79 Å². The highest BCUT2D eigenvalue weighted by Gasteiger charge is 2.28. The Morgan fingerprint density at radius 1 is 1.69 bits per heavy atom. The molecule has 1 aromatic heterocycles. The first-order valence-electron chi connectivity index (χ1n) is 5.77. The zero-order valence-corrected chi connectivity index (χ0v) is 10.4. The lowest BCUT2D eigenvalue weighted by molar-refractivity contribution is -0.137. The third-order valence-electron chi connectivity index (χ3n) is 3.12. The van der Waals surface area contributed by atoms with Gasteiger partial charge in [0.05, 0.1) is 6.04 Å². The van der Waals surface area contributed by atoms with Gasteiger partial charge in [0, 0.05) is 23.9 Å². The normalized spacial score (nSPS) is 23.5. The lowest BCUT2D eigenvalue weighted by Crippen LogP contribution is -2.52. The summed E-state index contributed by atoms with van der Waals surface area (Å²) in [7, 11) is 0. The summed E-state index contributed by atoms with van der Waals surface area (Å²) in [6, 6.07) is 4.16. The Labute approximate surface area is 100 Å². The van der Waals surface area contributed by atoms with Gasteiger partial charge >= 0.3 is 0 Å². The van der Waals surface area contributed by atoms with Crippen molar-refractivity contribution in [1.82, 2.24) is 4.90 Å². The first-order valence-corrected chi connectivity index (χ1v) is 6.65. The van der Waals surface area contributed by atoms with E-state index in [1.165, 1.54) is 4.88 Å². The largest absolute Gasteiger partial charge is 0.338 e. The Bertz CT molecular complexity index is 350.